The molecule has 33 heavy (non-hydrogen) atoms. The lowest BCUT2D eigenvalue weighted by atomic mass is 9.98. The number of aromatic nitrogens is 3. The van der Waals surface area contributed by atoms with Crippen LogP contribution in [0.5, 0.6) is 0 Å². The number of hydrogen-bond acceptors (Lipinski definition) is 4. The number of hydrogen-bond donors (Lipinski definition) is 1. The van der Waals surface area contributed by atoms with Crippen LogP contribution >= 0.6 is 11.3 Å². The molecular formula is C22H15F5N4OS. The predicted octanol–water partition coefficient (Wildman–Crippen LogP) is 6.65. The van der Waals surface area contributed by atoms with Gasteiger partial charge < -0.3 is 0 Å². The molecule has 0 radical (unpaired) electrons. The number of aryl methyl sites for hydroxylation is 1. The molecule has 0 aliphatic heterocycles. The molecule has 0 unspecified atom stereocenters. The highest BCUT2D eigenvalue weighted by Gasteiger charge is 2.30. The maximum atomic E-state index is 13.2. The Labute approximate surface area is 188 Å². The van der Waals surface area contributed by atoms with Gasteiger partial charge in [0.25, 0.3) is 5.91 Å². The van der Waals surface area contributed by atoms with Gasteiger partial charge in [-0.05, 0) is 36.2 Å². The molecular weight excluding hydrogens is 463 g/mol. The quantitative estimate of drug-likeness (QED) is 0.327. The molecule has 1 N–H and O–H groups in total. The van der Waals surface area contributed by atoms with E-state index >= 15 is 0 Å². The second-order valence-electron chi connectivity index (χ2n) is 6.94. The van der Waals surface area contributed by atoms with Crippen LogP contribution in [0.4, 0.5) is 27.1 Å². The summed E-state index contributed by atoms with van der Waals surface area (Å²) in [6.45, 7) is -1.17. The molecule has 11 heteroatoms. The Hall–Kier alpha value is -3.60. The first-order valence-electron chi connectivity index (χ1n) is 9.52. The first-order valence-corrected chi connectivity index (χ1v) is 10.3. The summed E-state index contributed by atoms with van der Waals surface area (Å²) in [6, 6.07) is 10.9. The Morgan fingerprint density at radius 1 is 1.09 bits per heavy atom. The van der Waals surface area contributed by atoms with Crippen LogP contribution < -0.4 is 5.32 Å². The van der Waals surface area contributed by atoms with Gasteiger partial charge in [-0.3, -0.25) is 14.7 Å². The lowest BCUT2D eigenvalue weighted by Gasteiger charge is -2.11. The van der Waals surface area contributed by atoms with E-state index < -0.39 is 24.2 Å². The minimum atomic E-state index is -4.46. The zero-order valence-corrected chi connectivity index (χ0v) is 17.7. The number of alkyl halides is 5. The van der Waals surface area contributed by atoms with Gasteiger partial charge in [0, 0.05) is 18.0 Å². The number of carbonyl (C=O) groups is 1. The summed E-state index contributed by atoms with van der Waals surface area (Å²) in [4.78, 5) is 21.5. The van der Waals surface area contributed by atoms with E-state index in [0.717, 1.165) is 29.7 Å². The van der Waals surface area contributed by atoms with Crippen LogP contribution in [0.25, 0.3) is 21.8 Å². The molecule has 2 heterocycles. The Morgan fingerprint density at radius 3 is 2.45 bits per heavy atom. The van der Waals surface area contributed by atoms with Crippen molar-refractivity contribution in [2.75, 3.05) is 5.32 Å². The second-order valence-corrected chi connectivity index (χ2v) is 7.94. The van der Waals surface area contributed by atoms with Crippen molar-refractivity contribution in [2.45, 2.75) is 19.6 Å². The van der Waals surface area contributed by atoms with Crippen molar-refractivity contribution in [3.63, 3.8) is 0 Å². The van der Waals surface area contributed by atoms with Gasteiger partial charge in [-0.25, -0.2) is 9.97 Å². The van der Waals surface area contributed by atoms with E-state index in [1.807, 2.05) is 0 Å². The number of nitrogens with zero attached hydrogens (tertiary/aromatic N) is 3. The summed E-state index contributed by atoms with van der Waals surface area (Å²) in [7, 11) is 0. The maximum Gasteiger partial charge on any atom is 0.416 e. The van der Waals surface area contributed by atoms with Gasteiger partial charge in [-0.2, -0.15) is 22.0 Å². The molecule has 2 aromatic carbocycles. The fourth-order valence-corrected chi connectivity index (χ4v) is 4.20. The monoisotopic (exact) mass is 478 g/mol. The minimum absolute atomic E-state index is 0.0330. The highest BCUT2D eigenvalue weighted by molar-refractivity contribution is 7.19. The van der Waals surface area contributed by atoms with E-state index in [1.165, 1.54) is 24.4 Å². The summed E-state index contributed by atoms with van der Waals surface area (Å²) < 4.78 is 65.7. The van der Waals surface area contributed by atoms with Crippen molar-refractivity contribution in [1.29, 1.82) is 0 Å². The largest absolute Gasteiger partial charge is 0.416 e. The summed E-state index contributed by atoms with van der Waals surface area (Å²) in [5.74, 6) is -0.506. The van der Waals surface area contributed by atoms with Crippen molar-refractivity contribution in [2.24, 2.45) is 0 Å². The zero-order chi connectivity index (χ0) is 23.8. The predicted molar refractivity (Wildman–Crippen MR) is 114 cm³/mol. The fraction of sp³-hybridized carbons (Fsp3) is 0.136. The van der Waals surface area contributed by atoms with E-state index in [0.29, 0.717) is 26.3 Å². The van der Waals surface area contributed by atoms with Gasteiger partial charge >= 0.3 is 12.7 Å². The van der Waals surface area contributed by atoms with E-state index in [2.05, 4.69) is 15.3 Å². The van der Waals surface area contributed by atoms with Gasteiger partial charge in [-0.15, -0.1) is 0 Å². The topological polar surface area (TPSA) is 59.8 Å². The van der Waals surface area contributed by atoms with Crippen LogP contribution in [-0.4, -0.2) is 20.4 Å². The molecule has 0 bridgehead atoms. The van der Waals surface area contributed by atoms with Crippen LogP contribution in [0.1, 0.15) is 28.2 Å². The highest BCUT2D eigenvalue weighted by atomic mass is 32.1. The molecule has 5 nitrogen and oxygen atoms in total. The number of benzene rings is 2. The van der Waals surface area contributed by atoms with Gasteiger partial charge in [0.1, 0.15) is 0 Å². The first-order chi connectivity index (χ1) is 15.6. The SMILES string of the molecule is Cc1nc(NC(=O)c2ccccc2-c2ccc(C(F)(F)F)cc2)sc1-c1nccn1C(F)F. The van der Waals surface area contributed by atoms with E-state index in [1.54, 1.807) is 25.1 Å². The average molecular weight is 478 g/mol. The van der Waals surface area contributed by atoms with Crippen molar-refractivity contribution in [1.82, 2.24) is 14.5 Å². The molecule has 0 saturated heterocycles. The molecule has 4 aromatic rings. The summed E-state index contributed by atoms with van der Waals surface area (Å²) in [5.41, 5.74) is 0.718. The zero-order valence-electron chi connectivity index (χ0n) is 16.9. The van der Waals surface area contributed by atoms with Gasteiger partial charge in [0.15, 0.2) is 11.0 Å². The van der Waals surface area contributed by atoms with Gasteiger partial charge in [0.2, 0.25) is 0 Å². The van der Waals surface area contributed by atoms with E-state index in [9.17, 15) is 26.7 Å². The summed E-state index contributed by atoms with van der Waals surface area (Å²) >= 11 is 0.993. The van der Waals surface area contributed by atoms with Crippen molar-refractivity contribution >= 4 is 22.4 Å². The summed E-state index contributed by atoms with van der Waals surface area (Å²) in [6.07, 6.45) is -2.06. The Bertz CT molecular complexity index is 1290. The third kappa shape index (κ3) is 4.63. The van der Waals surface area contributed by atoms with Gasteiger partial charge in [-0.1, -0.05) is 41.7 Å². The molecule has 2 aromatic heterocycles. The fourth-order valence-electron chi connectivity index (χ4n) is 3.24. The van der Waals surface area contributed by atoms with Crippen molar-refractivity contribution in [3.05, 3.63) is 77.7 Å². The lowest BCUT2D eigenvalue weighted by Crippen LogP contribution is -2.13. The number of nitrogens with one attached hydrogen (secondary N) is 1. The molecule has 0 fully saturated rings. The number of imidazole rings is 1. The number of halogens is 5. The number of rotatable bonds is 5. The lowest BCUT2D eigenvalue weighted by molar-refractivity contribution is -0.137. The molecule has 0 saturated carbocycles. The molecule has 170 valence electrons. The Morgan fingerprint density at radius 2 is 1.79 bits per heavy atom. The van der Waals surface area contributed by atoms with Crippen LogP contribution in [0.15, 0.2) is 60.9 Å². The first kappa shape index (κ1) is 22.6. The van der Waals surface area contributed by atoms with Crippen LogP contribution in [0, 0.1) is 6.92 Å². The maximum absolute atomic E-state index is 13.2. The second kappa shape index (κ2) is 8.74. The minimum Gasteiger partial charge on any atom is -0.298 e. The number of carbonyl (C=O) groups excluding carboxylic acids is 1. The Kier molecular flexibility index (Phi) is 5.98. The van der Waals surface area contributed by atoms with E-state index in [-0.39, 0.29) is 16.5 Å². The number of anilines is 1. The van der Waals surface area contributed by atoms with Crippen LogP contribution in [-0.2, 0) is 6.18 Å². The van der Waals surface area contributed by atoms with Crippen molar-refractivity contribution in [3.8, 4) is 21.8 Å². The highest BCUT2D eigenvalue weighted by Crippen LogP contribution is 2.35. The smallest absolute Gasteiger partial charge is 0.298 e. The van der Waals surface area contributed by atoms with Crippen molar-refractivity contribution < 1.29 is 26.7 Å². The van der Waals surface area contributed by atoms with Gasteiger partial charge in [0.05, 0.1) is 16.1 Å². The molecule has 0 spiro atoms. The number of thiazole rings is 1. The third-order valence-electron chi connectivity index (χ3n) is 4.79. The van der Waals surface area contributed by atoms with E-state index in [4.69, 9.17) is 0 Å². The third-order valence-corrected chi connectivity index (χ3v) is 5.86. The Balaban J connectivity index is 1.61. The molecule has 0 aliphatic carbocycles. The van der Waals surface area contributed by atoms with Crippen LogP contribution in [0.3, 0.4) is 0 Å². The molecule has 4 rings (SSSR count). The number of amides is 1. The summed E-state index contributed by atoms with van der Waals surface area (Å²) in [5, 5.41) is 2.82. The van der Waals surface area contributed by atoms with Crippen LogP contribution in [0.2, 0.25) is 0 Å². The average Bonchev–Trinajstić information content (AvgIpc) is 3.39. The standard InChI is InChI=1S/C22H15F5N4OS/c1-12-17(18-28-10-11-31(18)20(23)24)33-21(29-12)30-19(32)16-5-3-2-4-15(16)13-6-8-14(9-7-13)22(25,26)27/h2-11,20H,1H3,(H,29,30,32). The normalized spacial score (nSPS) is 11.7. The molecule has 0 atom stereocenters. The molecule has 1 amide bonds. The molecule has 0 aliphatic rings.